The number of benzene rings is 2. The molecule has 152 valence electrons. The van der Waals surface area contributed by atoms with E-state index in [2.05, 4.69) is 5.32 Å². The van der Waals surface area contributed by atoms with E-state index < -0.39 is 11.9 Å². The van der Waals surface area contributed by atoms with Gasteiger partial charge in [-0.3, -0.25) is 9.59 Å². The van der Waals surface area contributed by atoms with Gasteiger partial charge >= 0.3 is 5.97 Å². The molecule has 29 heavy (non-hydrogen) atoms. The Kier molecular flexibility index (Phi) is 5.87. The summed E-state index contributed by atoms with van der Waals surface area (Å²) in [4.78, 5) is 38.1. The van der Waals surface area contributed by atoms with Gasteiger partial charge in [0.1, 0.15) is 5.75 Å². The Morgan fingerprint density at radius 1 is 1.14 bits per heavy atom. The number of nitrogens with one attached hydrogen (secondary N) is 1. The highest BCUT2D eigenvalue weighted by Gasteiger charge is 2.36. The van der Waals surface area contributed by atoms with E-state index in [1.807, 2.05) is 32.0 Å². The first-order valence-electron chi connectivity index (χ1n) is 9.64. The van der Waals surface area contributed by atoms with Crippen molar-refractivity contribution in [1.29, 1.82) is 0 Å². The summed E-state index contributed by atoms with van der Waals surface area (Å²) in [7, 11) is 0. The number of para-hydroxylation sites is 1. The molecule has 2 aromatic carbocycles. The minimum absolute atomic E-state index is 0.0778. The largest absolute Gasteiger partial charge is 0.506 e. The van der Waals surface area contributed by atoms with Crippen LogP contribution in [-0.2, 0) is 22.4 Å². The van der Waals surface area contributed by atoms with E-state index in [4.69, 9.17) is 5.11 Å². The summed E-state index contributed by atoms with van der Waals surface area (Å²) < 4.78 is 0. The number of carbonyl (C=O) groups is 3. The van der Waals surface area contributed by atoms with Crippen molar-refractivity contribution < 1.29 is 24.6 Å². The van der Waals surface area contributed by atoms with E-state index in [1.54, 1.807) is 4.90 Å². The lowest BCUT2D eigenvalue weighted by Gasteiger charge is -2.23. The molecule has 1 fully saturated rings. The molecule has 3 N–H and O–H groups in total. The van der Waals surface area contributed by atoms with Crippen LogP contribution >= 0.6 is 0 Å². The van der Waals surface area contributed by atoms with Gasteiger partial charge in [-0.05, 0) is 42.2 Å². The first-order chi connectivity index (χ1) is 13.8. The third-order valence-electron chi connectivity index (χ3n) is 5.23. The highest BCUT2D eigenvalue weighted by atomic mass is 16.4. The fourth-order valence-corrected chi connectivity index (χ4v) is 3.67. The molecular formula is C22H24N2O5. The number of anilines is 2. The van der Waals surface area contributed by atoms with Crippen LogP contribution < -0.4 is 10.2 Å². The topological polar surface area (TPSA) is 107 Å². The van der Waals surface area contributed by atoms with Crippen LogP contribution in [0.1, 0.15) is 41.8 Å². The Balaban J connectivity index is 1.79. The third kappa shape index (κ3) is 4.08. The highest BCUT2D eigenvalue weighted by Crippen LogP contribution is 2.33. The number of aromatic carboxylic acids is 1. The highest BCUT2D eigenvalue weighted by molar-refractivity contribution is 6.04. The predicted molar refractivity (Wildman–Crippen MR) is 109 cm³/mol. The van der Waals surface area contributed by atoms with Gasteiger partial charge in [-0.1, -0.05) is 32.0 Å². The van der Waals surface area contributed by atoms with E-state index >= 15 is 0 Å². The monoisotopic (exact) mass is 396 g/mol. The zero-order valence-electron chi connectivity index (χ0n) is 16.4. The molecule has 1 heterocycles. The molecule has 7 nitrogen and oxygen atoms in total. The molecular weight excluding hydrogens is 372 g/mol. The molecule has 1 aliphatic rings. The number of nitrogens with zero attached hydrogens (tertiary/aromatic N) is 1. The van der Waals surface area contributed by atoms with Crippen molar-refractivity contribution in [2.75, 3.05) is 16.8 Å². The van der Waals surface area contributed by atoms with E-state index in [-0.39, 0.29) is 41.8 Å². The lowest BCUT2D eigenvalue weighted by molar-refractivity contribution is -0.122. The molecule has 0 spiro atoms. The smallest absolute Gasteiger partial charge is 0.335 e. The quantitative estimate of drug-likeness (QED) is 0.650. The van der Waals surface area contributed by atoms with E-state index in [0.717, 1.165) is 35.7 Å². The van der Waals surface area contributed by atoms with Crippen LogP contribution in [0.2, 0.25) is 0 Å². The van der Waals surface area contributed by atoms with Crippen molar-refractivity contribution >= 4 is 29.2 Å². The van der Waals surface area contributed by atoms with Gasteiger partial charge in [0.05, 0.1) is 17.2 Å². The van der Waals surface area contributed by atoms with Crippen LogP contribution in [0.4, 0.5) is 11.4 Å². The molecule has 1 aliphatic heterocycles. The number of hydrogen-bond donors (Lipinski definition) is 3. The van der Waals surface area contributed by atoms with Crippen molar-refractivity contribution in [1.82, 2.24) is 0 Å². The lowest BCUT2D eigenvalue weighted by Crippen LogP contribution is -2.29. The zero-order valence-corrected chi connectivity index (χ0v) is 16.4. The molecule has 7 heteroatoms. The number of hydrogen-bond acceptors (Lipinski definition) is 4. The molecule has 1 unspecified atom stereocenters. The molecule has 1 saturated heterocycles. The first-order valence-corrected chi connectivity index (χ1v) is 9.64. The van der Waals surface area contributed by atoms with Crippen molar-refractivity contribution in [3.05, 3.63) is 53.1 Å². The average Bonchev–Trinajstić information content (AvgIpc) is 3.09. The van der Waals surface area contributed by atoms with Crippen molar-refractivity contribution in [2.24, 2.45) is 5.92 Å². The van der Waals surface area contributed by atoms with Crippen LogP contribution in [-0.4, -0.2) is 34.5 Å². The number of carboxylic acid groups (broad SMARTS) is 1. The third-order valence-corrected chi connectivity index (χ3v) is 5.23. The fourth-order valence-electron chi connectivity index (χ4n) is 3.67. The molecule has 0 aliphatic carbocycles. The molecule has 0 radical (unpaired) electrons. The first kappa shape index (κ1) is 20.4. The van der Waals surface area contributed by atoms with Gasteiger partial charge in [0.2, 0.25) is 11.8 Å². The second kappa shape index (κ2) is 8.34. The number of amides is 2. The Bertz CT molecular complexity index is 947. The summed E-state index contributed by atoms with van der Waals surface area (Å²) in [5, 5.41) is 21.6. The van der Waals surface area contributed by atoms with Gasteiger partial charge in [0.15, 0.2) is 0 Å². The lowest BCUT2D eigenvalue weighted by atomic mass is 10.0. The van der Waals surface area contributed by atoms with E-state index in [0.29, 0.717) is 0 Å². The standard InChI is InChI=1S/C22H24N2O5/c1-3-13-6-5-7-14(4-2)20(13)24-12-16(11-19(24)26)21(27)23-17-9-8-15(22(28)29)10-18(17)25/h5-10,16,25H,3-4,11-12H2,1-2H3,(H,23,27)(H,28,29). The van der Waals surface area contributed by atoms with Gasteiger partial charge in [0.25, 0.3) is 0 Å². The van der Waals surface area contributed by atoms with Crippen LogP contribution in [0.15, 0.2) is 36.4 Å². The normalized spacial score (nSPS) is 16.1. The number of aryl methyl sites for hydroxylation is 2. The van der Waals surface area contributed by atoms with Crippen molar-refractivity contribution in [3.63, 3.8) is 0 Å². The summed E-state index contributed by atoms with van der Waals surface area (Å²) in [5.41, 5.74) is 3.08. The van der Waals surface area contributed by atoms with Crippen LogP contribution in [0, 0.1) is 5.92 Å². The Hall–Kier alpha value is -3.35. The number of phenolic OH excluding ortho intramolecular Hbond substituents is 1. The number of rotatable bonds is 6. The molecule has 3 rings (SSSR count). The minimum Gasteiger partial charge on any atom is -0.506 e. The summed E-state index contributed by atoms with van der Waals surface area (Å²) in [6, 6.07) is 9.69. The Morgan fingerprint density at radius 2 is 1.79 bits per heavy atom. The second-order valence-corrected chi connectivity index (χ2v) is 7.06. The van der Waals surface area contributed by atoms with Gasteiger partial charge < -0.3 is 20.4 Å². The SMILES string of the molecule is CCc1cccc(CC)c1N1CC(C(=O)Nc2ccc(C(=O)O)cc2O)CC1=O. The Morgan fingerprint density at radius 3 is 2.34 bits per heavy atom. The number of carboxylic acids is 1. The zero-order chi connectivity index (χ0) is 21.1. The predicted octanol–water partition coefficient (Wildman–Crippen LogP) is 3.21. The van der Waals surface area contributed by atoms with Crippen LogP contribution in [0.3, 0.4) is 0 Å². The van der Waals surface area contributed by atoms with E-state index in [9.17, 15) is 19.5 Å². The van der Waals surface area contributed by atoms with Crippen LogP contribution in [0.25, 0.3) is 0 Å². The van der Waals surface area contributed by atoms with Crippen LogP contribution in [0.5, 0.6) is 5.75 Å². The molecule has 1 atom stereocenters. The van der Waals surface area contributed by atoms with Gasteiger partial charge in [0, 0.05) is 18.7 Å². The maximum Gasteiger partial charge on any atom is 0.335 e. The van der Waals surface area contributed by atoms with E-state index in [1.165, 1.54) is 12.1 Å². The Labute approximate surface area is 169 Å². The molecule has 0 saturated carbocycles. The maximum atomic E-state index is 12.7. The minimum atomic E-state index is -1.17. The molecule has 0 aromatic heterocycles. The fraction of sp³-hybridized carbons (Fsp3) is 0.318. The van der Waals surface area contributed by atoms with Crippen molar-refractivity contribution in [3.8, 4) is 5.75 Å². The van der Waals surface area contributed by atoms with Gasteiger partial charge in [-0.25, -0.2) is 4.79 Å². The summed E-state index contributed by atoms with van der Waals surface area (Å²) in [6.45, 7) is 4.34. The van der Waals surface area contributed by atoms with Crippen molar-refractivity contribution in [2.45, 2.75) is 33.1 Å². The number of carbonyl (C=O) groups excluding carboxylic acids is 2. The summed E-state index contributed by atoms with van der Waals surface area (Å²) >= 11 is 0. The summed E-state index contributed by atoms with van der Waals surface area (Å²) in [5.74, 6) is -2.55. The average molecular weight is 396 g/mol. The molecule has 2 aromatic rings. The van der Waals surface area contributed by atoms with Gasteiger partial charge in [-0.15, -0.1) is 0 Å². The summed E-state index contributed by atoms with van der Waals surface area (Å²) in [6.07, 6.45) is 1.65. The molecule has 2 amide bonds. The molecule has 0 bridgehead atoms. The van der Waals surface area contributed by atoms with Gasteiger partial charge in [-0.2, -0.15) is 0 Å². The number of aromatic hydroxyl groups is 1. The second-order valence-electron chi connectivity index (χ2n) is 7.06. The maximum absolute atomic E-state index is 12.7. The number of phenols is 1.